The van der Waals surface area contributed by atoms with Crippen LogP contribution in [-0.2, 0) is 0 Å². The normalized spacial score (nSPS) is 16.9. The Morgan fingerprint density at radius 3 is 2.52 bits per heavy atom. The van der Waals surface area contributed by atoms with Crippen molar-refractivity contribution in [3.05, 3.63) is 46.7 Å². The Balaban J connectivity index is 1.63. The topological polar surface area (TPSA) is 58.6 Å². The Morgan fingerprint density at radius 2 is 1.89 bits per heavy atom. The van der Waals surface area contributed by atoms with Gasteiger partial charge in [0.25, 0.3) is 5.91 Å². The number of amides is 1. The zero-order valence-electron chi connectivity index (χ0n) is 15.8. The Labute approximate surface area is 168 Å². The first-order chi connectivity index (χ1) is 13.1. The van der Waals surface area contributed by atoms with Crippen LogP contribution in [0.3, 0.4) is 0 Å². The highest BCUT2D eigenvalue weighted by molar-refractivity contribution is 9.10. The molecule has 1 aliphatic heterocycles. The van der Waals surface area contributed by atoms with Gasteiger partial charge in [0, 0.05) is 43.3 Å². The third-order valence-electron chi connectivity index (χ3n) is 4.78. The number of halogens is 1. The molecule has 0 radical (unpaired) electrons. The number of benzene rings is 1. The fraction of sp³-hybridized carbons (Fsp3) is 0.450. The lowest BCUT2D eigenvalue weighted by atomic mass is 10.1. The molecule has 1 aliphatic rings. The van der Waals surface area contributed by atoms with Crippen molar-refractivity contribution in [2.45, 2.75) is 32.8 Å². The van der Waals surface area contributed by atoms with Gasteiger partial charge in [-0.3, -0.25) is 4.79 Å². The summed E-state index contributed by atoms with van der Waals surface area (Å²) in [4.78, 5) is 25.3. The van der Waals surface area contributed by atoms with Gasteiger partial charge in [0.1, 0.15) is 6.10 Å². The van der Waals surface area contributed by atoms with Gasteiger partial charge in [-0.1, -0.05) is 0 Å². The van der Waals surface area contributed by atoms with Crippen molar-refractivity contribution in [3.63, 3.8) is 0 Å². The summed E-state index contributed by atoms with van der Waals surface area (Å²) in [7, 11) is 0. The number of carbonyl (C=O) groups is 1. The second-order valence-electron chi connectivity index (χ2n) is 6.54. The van der Waals surface area contributed by atoms with Crippen molar-refractivity contribution in [3.8, 4) is 6.01 Å². The molecule has 2 heterocycles. The number of nitrogens with zero attached hydrogens (tertiary/aromatic N) is 4. The largest absolute Gasteiger partial charge is 0.458 e. The van der Waals surface area contributed by atoms with E-state index in [9.17, 15) is 4.79 Å². The van der Waals surface area contributed by atoms with Gasteiger partial charge in [-0.15, -0.1) is 0 Å². The van der Waals surface area contributed by atoms with Crippen LogP contribution in [0.2, 0.25) is 0 Å². The molecule has 1 saturated heterocycles. The van der Waals surface area contributed by atoms with Crippen LogP contribution in [0.5, 0.6) is 6.01 Å². The fourth-order valence-electron chi connectivity index (χ4n) is 3.32. The molecular formula is C20H25BrN4O2. The number of anilines is 1. The molecule has 0 unspecified atom stereocenters. The first-order valence-corrected chi connectivity index (χ1v) is 10.2. The molecule has 2 aromatic rings. The highest BCUT2D eigenvalue weighted by Gasteiger charge is 2.26. The summed E-state index contributed by atoms with van der Waals surface area (Å²) < 4.78 is 6.67. The van der Waals surface area contributed by atoms with Crippen molar-refractivity contribution in [2.75, 3.05) is 31.1 Å². The molecule has 1 amide bonds. The first kappa shape index (κ1) is 19.6. The van der Waals surface area contributed by atoms with Crippen LogP contribution in [0.4, 0.5) is 5.69 Å². The van der Waals surface area contributed by atoms with Crippen molar-refractivity contribution in [2.24, 2.45) is 0 Å². The van der Waals surface area contributed by atoms with Gasteiger partial charge in [0.15, 0.2) is 0 Å². The zero-order valence-corrected chi connectivity index (χ0v) is 17.4. The standard InChI is InChI=1S/C20H25BrN4O2/c1-3-24(4-2)17-9-7-15(8-10-17)19(26)25-11-5-6-18(14-25)27-20-22-12-16(21)13-23-20/h7-10,12-13,18H,3-6,11,14H2,1-2H3/t18-/m0/s1. The lowest BCUT2D eigenvalue weighted by Gasteiger charge is -2.32. The minimum atomic E-state index is -0.0844. The van der Waals surface area contributed by atoms with Crippen LogP contribution in [0, 0.1) is 0 Å². The quantitative estimate of drug-likeness (QED) is 0.694. The molecule has 6 nitrogen and oxygen atoms in total. The highest BCUT2D eigenvalue weighted by atomic mass is 79.9. The smallest absolute Gasteiger partial charge is 0.316 e. The molecule has 27 heavy (non-hydrogen) atoms. The minimum absolute atomic E-state index is 0.0473. The molecule has 0 N–H and O–H groups in total. The number of likely N-dealkylation sites (tertiary alicyclic amines) is 1. The van der Waals surface area contributed by atoms with Crippen molar-refractivity contribution in [1.82, 2.24) is 14.9 Å². The van der Waals surface area contributed by atoms with Crippen LogP contribution in [0.15, 0.2) is 41.1 Å². The Morgan fingerprint density at radius 1 is 1.22 bits per heavy atom. The van der Waals surface area contributed by atoms with E-state index in [-0.39, 0.29) is 12.0 Å². The lowest BCUT2D eigenvalue weighted by molar-refractivity contribution is 0.0515. The second-order valence-corrected chi connectivity index (χ2v) is 7.45. The van der Waals surface area contributed by atoms with Crippen molar-refractivity contribution in [1.29, 1.82) is 0 Å². The predicted octanol–water partition coefficient (Wildman–Crippen LogP) is 3.77. The summed E-state index contributed by atoms with van der Waals surface area (Å²) in [6.45, 7) is 7.46. The Bertz CT molecular complexity index is 748. The third-order valence-corrected chi connectivity index (χ3v) is 5.19. The Kier molecular flexibility index (Phi) is 6.66. The monoisotopic (exact) mass is 432 g/mol. The molecule has 0 saturated carbocycles. The number of piperidine rings is 1. The van der Waals surface area contributed by atoms with E-state index in [1.54, 1.807) is 12.4 Å². The predicted molar refractivity (Wildman–Crippen MR) is 109 cm³/mol. The minimum Gasteiger partial charge on any atom is -0.458 e. The molecule has 0 bridgehead atoms. The summed E-state index contributed by atoms with van der Waals surface area (Å²) in [5.74, 6) is 0.0473. The van der Waals surface area contributed by atoms with Crippen LogP contribution in [-0.4, -0.2) is 53.1 Å². The summed E-state index contributed by atoms with van der Waals surface area (Å²) in [5.41, 5.74) is 1.86. The number of carbonyl (C=O) groups excluding carboxylic acids is 1. The summed E-state index contributed by atoms with van der Waals surface area (Å²) in [5, 5.41) is 0. The maximum absolute atomic E-state index is 12.9. The summed E-state index contributed by atoms with van der Waals surface area (Å²) >= 11 is 3.31. The van der Waals surface area contributed by atoms with Gasteiger partial charge >= 0.3 is 6.01 Å². The van der Waals surface area contributed by atoms with Gasteiger partial charge in [0.05, 0.1) is 11.0 Å². The molecular weight excluding hydrogens is 408 g/mol. The molecule has 1 atom stereocenters. The molecule has 7 heteroatoms. The van der Waals surface area contributed by atoms with Gasteiger partial charge < -0.3 is 14.5 Å². The van der Waals surface area contributed by atoms with Gasteiger partial charge in [-0.25, -0.2) is 9.97 Å². The van der Waals surface area contributed by atoms with Crippen LogP contribution < -0.4 is 9.64 Å². The number of ether oxygens (including phenoxy) is 1. The van der Waals surface area contributed by atoms with E-state index in [0.717, 1.165) is 42.6 Å². The van der Waals surface area contributed by atoms with Crippen molar-refractivity contribution >= 4 is 27.5 Å². The average Bonchev–Trinajstić information content (AvgIpc) is 2.71. The number of rotatable bonds is 6. The number of hydrogen-bond acceptors (Lipinski definition) is 5. The summed E-state index contributed by atoms with van der Waals surface area (Å²) in [6, 6.07) is 8.22. The summed E-state index contributed by atoms with van der Waals surface area (Å²) in [6.07, 6.45) is 5.03. The van der Waals surface area contributed by atoms with Gasteiger partial charge in [0.2, 0.25) is 0 Å². The average molecular weight is 433 g/mol. The van der Waals surface area contributed by atoms with Gasteiger partial charge in [-0.2, -0.15) is 0 Å². The van der Waals surface area contributed by atoms with E-state index in [2.05, 4.69) is 44.6 Å². The molecule has 1 aromatic heterocycles. The maximum Gasteiger partial charge on any atom is 0.316 e. The molecule has 0 spiro atoms. The third kappa shape index (κ3) is 4.97. The fourth-order valence-corrected chi connectivity index (χ4v) is 3.52. The van der Waals surface area contributed by atoms with E-state index in [4.69, 9.17) is 4.74 Å². The number of aromatic nitrogens is 2. The van der Waals surface area contributed by atoms with E-state index >= 15 is 0 Å². The van der Waals surface area contributed by atoms with E-state index in [0.29, 0.717) is 18.1 Å². The van der Waals surface area contributed by atoms with Crippen molar-refractivity contribution < 1.29 is 9.53 Å². The molecule has 144 valence electrons. The Hall–Kier alpha value is -2.15. The molecule has 3 rings (SSSR count). The van der Waals surface area contributed by atoms with Gasteiger partial charge in [-0.05, 0) is 66.9 Å². The van der Waals surface area contributed by atoms with E-state index in [1.165, 1.54) is 0 Å². The van der Waals surface area contributed by atoms with E-state index < -0.39 is 0 Å². The first-order valence-electron chi connectivity index (χ1n) is 9.39. The molecule has 1 fully saturated rings. The SMILES string of the molecule is CCN(CC)c1ccc(C(=O)N2CCC[C@H](Oc3ncc(Br)cn3)C2)cc1. The number of hydrogen-bond donors (Lipinski definition) is 0. The lowest BCUT2D eigenvalue weighted by Crippen LogP contribution is -2.44. The second kappa shape index (κ2) is 9.17. The maximum atomic E-state index is 12.9. The van der Waals surface area contributed by atoms with Crippen LogP contribution >= 0.6 is 15.9 Å². The zero-order chi connectivity index (χ0) is 19.2. The van der Waals surface area contributed by atoms with E-state index in [1.807, 2.05) is 29.2 Å². The molecule has 1 aromatic carbocycles. The highest BCUT2D eigenvalue weighted by Crippen LogP contribution is 2.20. The molecule has 0 aliphatic carbocycles. The van der Waals surface area contributed by atoms with Crippen LogP contribution in [0.25, 0.3) is 0 Å². The van der Waals surface area contributed by atoms with Crippen LogP contribution in [0.1, 0.15) is 37.0 Å².